The number of rotatable bonds is 5. The molecule has 1 aromatic rings. The van der Waals surface area contributed by atoms with Crippen LogP contribution < -0.4 is 21.3 Å². The first-order chi connectivity index (χ1) is 19.9. The van der Waals surface area contributed by atoms with Gasteiger partial charge in [0.15, 0.2) is 6.17 Å². The van der Waals surface area contributed by atoms with E-state index in [-0.39, 0.29) is 66.5 Å². The van der Waals surface area contributed by atoms with Gasteiger partial charge in [0.25, 0.3) is 5.91 Å². The minimum atomic E-state index is -4.45. The number of amides is 4. The Balaban J connectivity index is 1.05. The Kier molecular flexibility index (Phi) is 7.56. The van der Waals surface area contributed by atoms with E-state index in [1.54, 1.807) is 0 Å². The standard InChI is InChI=1S/C26H29ClF4N6O5/c27-15-6-11(20(28)19-14(15)10-36(23(19)40)17-3-4-18(38)35-22(17)39)9-33-25(41)42-13-7-12(8-13)37-21-16(2-1-5-32-21)34-24(37)26(29,30)31/h6,12-13,16-17,21,24,32,34H,1-5,7-10H2,(H,33,41)(H,35,38,39). The smallest absolute Gasteiger partial charge is 0.417 e. The Hall–Kier alpha value is -3.01. The van der Waals surface area contributed by atoms with Crippen molar-refractivity contribution in [3.05, 3.63) is 33.6 Å². The van der Waals surface area contributed by atoms with Gasteiger partial charge in [-0.2, -0.15) is 13.2 Å². The van der Waals surface area contributed by atoms with Crippen LogP contribution >= 0.6 is 11.6 Å². The number of benzene rings is 1. The van der Waals surface area contributed by atoms with Crippen molar-refractivity contribution in [3.63, 3.8) is 0 Å². The molecule has 0 spiro atoms. The number of hydrogen-bond donors (Lipinski definition) is 4. The Bertz CT molecular complexity index is 1320. The normalized spacial score (nSPS) is 31.4. The van der Waals surface area contributed by atoms with E-state index in [0.717, 1.165) is 6.42 Å². The van der Waals surface area contributed by atoms with Crippen LogP contribution in [0.5, 0.6) is 0 Å². The summed E-state index contributed by atoms with van der Waals surface area (Å²) in [6, 6.07) is -0.412. The lowest BCUT2D eigenvalue weighted by atomic mass is 9.86. The number of piperidine rings is 2. The molecule has 5 aliphatic rings. The summed E-state index contributed by atoms with van der Waals surface area (Å²) < 4.78 is 62.0. The number of nitrogens with zero attached hydrogens (tertiary/aromatic N) is 2. The SMILES string of the molecule is O=C1CCC(N2Cc3c(Cl)cc(CNC(=O)OC4CC(N5C6NCCCC6NC5C(F)(F)F)C4)c(F)c3C2=O)C(=O)N1. The average Bonchev–Trinajstić information content (AvgIpc) is 3.46. The quantitative estimate of drug-likeness (QED) is 0.291. The van der Waals surface area contributed by atoms with Crippen LogP contribution in [0.4, 0.5) is 22.4 Å². The van der Waals surface area contributed by atoms with Crippen LogP contribution in [0.15, 0.2) is 6.07 Å². The molecule has 16 heteroatoms. The summed E-state index contributed by atoms with van der Waals surface area (Å²) in [6.07, 6.45) is -6.17. The van der Waals surface area contributed by atoms with Crippen LogP contribution in [-0.2, 0) is 27.4 Å². The molecule has 0 aromatic heterocycles. The molecule has 42 heavy (non-hydrogen) atoms. The Labute approximate surface area is 242 Å². The molecular weight excluding hydrogens is 588 g/mol. The van der Waals surface area contributed by atoms with Gasteiger partial charge in [0, 0.05) is 60.6 Å². The molecule has 4 heterocycles. The number of alkyl halides is 3. The molecule has 4 amide bonds. The van der Waals surface area contributed by atoms with E-state index in [1.807, 2.05) is 0 Å². The third-order valence-corrected chi connectivity index (χ3v) is 9.04. The number of hydrogen-bond acceptors (Lipinski definition) is 8. The van der Waals surface area contributed by atoms with Gasteiger partial charge >= 0.3 is 12.3 Å². The van der Waals surface area contributed by atoms with Gasteiger partial charge in [-0.3, -0.25) is 29.9 Å². The van der Waals surface area contributed by atoms with E-state index in [4.69, 9.17) is 16.3 Å². The number of alkyl carbamates (subject to hydrolysis) is 1. The van der Waals surface area contributed by atoms with Gasteiger partial charge in [0.1, 0.15) is 18.0 Å². The average molecular weight is 617 g/mol. The highest BCUT2D eigenvalue weighted by Gasteiger charge is 2.57. The van der Waals surface area contributed by atoms with E-state index in [2.05, 4.69) is 21.3 Å². The van der Waals surface area contributed by atoms with Crippen LogP contribution in [0, 0.1) is 5.82 Å². The number of ether oxygens (including phenoxy) is 1. The molecule has 4 atom stereocenters. The van der Waals surface area contributed by atoms with Crippen LogP contribution in [0.2, 0.25) is 5.02 Å². The molecule has 3 saturated heterocycles. The van der Waals surface area contributed by atoms with Gasteiger partial charge in [-0.15, -0.1) is 0 Å². The van der Waals surface area contributed by atoms with E-state index in [1.165, 1.54) is 15.9 Å². The summed E-state index contributed by atoms with van der Waals surface area (Å²) in [6.45, 7) is 0.163. The van der Waals surface area contributed by atoms with Gasteiger partial charge in [0.05, 0.1) is 11.7 Å². The molecule has 228 valence electrons. The van der Waals surface area contributed by atoms with Gasteiger partial charge < -0.3 is 20.3 Å². The lowest BCUT2D eigenvalue weighted by Gasteiger charge is -2.46. The lowest BCUT2D eigenvalue weighted by Crippen LogP contribution is -2.62. The Morgan fingerprint density at radius 1 is 1.19 bits per heavy atom. The van der Waals surface area contributed by atoms with Crippen molar-refractivity contribution in [1.29, 1.82) is 0 Å². The third-order valence-electron chi connectivity index (χ3n) is 8.70. The summed E-state index contributed by atoms with van der Waals surface area (Å²) in [5.41, 5.74) is -0.169. The molecule has 6 rings (SSSR count). The van der Waals surface area contributed by atoms with E-state index in [9.17, 15) is 32.3 Å². The maximum Gasteiger partial charge on any atom is 0.417 e. The molecule has 0 radical (unpaired) electrons. The first kappa shape index (κ1) is 29.1. The molecule has 4 fully saturated rings. The molecule has 1 saturated carbocycles. The van der Waals surface area contributed by atoms with Crippen LogP contribution in [0.3, 0.4) is 0 Å². The van der Waals surface area contributed by atoms with Crippen LogP contribution in [0.1, 0.15) is 60.0 Å². The summed E-state index contributed by atoms with van der Waals surface area (Å²) in [5, 5.41) is 10.5. The number of nitrogens with one attached hydrogen (secondary N) is 4. The summed E-state index contributed by atoms with van der Waals surface area (Å²) in [5.74, 6) is -2.73. The summed E-state index contributed by atoms with van der Waals surface area (Å²) in [7, 11) is 0. The first-order valence-electron chi connectivity index (χ1n) is 13.8. The van der Waals surface area contributed by atoms with Crippen molar-refractivity contribution in [2.24, 2.45) is 0 Å². The maximum atomic E-state index is 15.4. The molecule has 4 N–H and O–H groups in total. The number of imide groups is 1. The van der Waals surface area contributed by atoms with Crippen LogP contribution in [-0.4, -0.2) is 82.9 Å². The van der Waals surface area contributed by atoms with Crippen molar-refractivity contribution in [2.75, 3.05) is 6.54 Å². The predicted molar refractivity (Wildman–Crippen MR) is 137 cm³/mol. The minimum Gasteiger partial charge on any atom is -0.446 e. The first-order valence-corrected chi connectivity index (χ1v) is 14.2. The number of fused-ring (bicyclic) bond motifs is 2. The molecule has 4 unspecified atom stereocenters. The molecule has 4 aliphatic heterocycles. The van der Waals surface area contributed by atoms with Gasteiger partial charge in [0.2, 0.25) is 11.8 Å². The van der Waals surface area contributed by atoms with Crippen molar-refractivity contribution >= 4 is 35.4 Å². The molecule has 11 nitrogen and oxygen atoms in total. The largest absolute Gasteiger partial charge is 0.446 e. The fourth-order valence-corrected chi connectivity index (χ4v) is 6.87. The third kappa shape index (κ3) is 5.20. The van der Waals surface area contributed by atoms with E-state index >= 15 is 4.39 Å². The fourth-order valence-electron chi connectivity index (χ4n) is 6.59. The monoisotopic (exact) mass is 616 g/mol. The summed E-state index contributed by atoms with van der Waals surface area (Å²) in [4.78, 5) is 51.8. The second-order valence-electron chi connectivity index (χ2n) is 11.3. The topological polar surface area (TPSA) is 132 Å². The van der Waals surface area contributed by atoms with Crippen molar-refractivity contribution in [2.45, 2.75) is 94.4 Å². The molecule has 0 bridgehead atoms. The van der Waals surface area contributed by atoms with Gasteiger partial charge in [-0.25, -0.2) is 9.18 Å². The highest BCUT2D eigenvalue weighted by Crippen LogP contribution is 2.40. The Morgan fingerprint density at radius 2 is 1.95 bits per heavy atom. The second-order valence-corrected chi connectivity index (χ2v) is 11.7. The highest BCUT2D eigenvalue weighted by atomic mass is 35.5. The van der Waals surface area contributed by atoms with E-state index < -0.39 is 66.3 Å². The van der Waals surface area contributed by atoms with Gasteiger partial charge in [-0.05, 0) is 31.9 Å². The Morgan fingerprint density at radius 3 is 2.67 bits per heavy atom. The van der Waals surface area contributed by atoms with E-state index in [0.29, 0.717) is 13.0 Å². The van der Waals surface area contributed by atoms with Gasteiger partial charge in [-0.1, -0.05) is 11.6 Å². The van der Waals surface area contributed by atoms with Crippen molar-refractivity contribution < 1.29 is 41.5 Å². The predicted octanol–water partition coefficient (Wildman–Crippen LogP) is 1.87. The molecule has 1 aliphatic carbocycles. The lowest BCUT2D eigenvalue weighted by molar-refractivity contribution is -0.200. The minimum absolute atomic E-state index is 0.0432. The highest BCUT2D eigenvalue weighted by molar-refractivity contribution is 6.32. The fraction of sp³-hybridized carbons (Fsp3) is 0.615. The maximum absolute atomic E-state index is 15.4. The summed E-state index contributed by atoms with van der Waals surface area (Å²) >= 11 is 6.34. The number of carbonyl (C=O) groups is 4. The molecule has 1 aromatic carbocycles. The zero-order valence-electron chi connectivity index (χ0n) is 22.2. The van der Waals surface area contributed by atoms with Crippen molar-refractivity contribution in [1.82, 2.24) is 31.1 Å². The molecular formula is C26H29ClF4N6O5. The zero-order valence-corrected chi connectivity index (χ0v) is 23.0. The zero-order chi connectivity index (χ0) is 29.9. The number of carbonyl (C=O) groups excluding carboxylic acids is 4. The van der Waals surface area contributed by atoms with Crippen molar-refractivity contribution in [3.8, 4) is 0 Å². The van der Waals surface area contributed by atoms with Crippen LogP contribution in [0.25, 0.3) is 0 Å². The number of halogens is 5. The second kappa shape index (κ2) is 10.9.